The van der Waals surface area contributed by atoms with Gasteiger partial charge in [-0.1, -0.05) is 25.5 Å². The highest BCUT2D eigenvalue weighted by molar-refractivity contribution is 6.06. The van der Waals surface area contributed by atoms with Crippen LogP contribution in [0.2, 0.25) is 0 Å². The molecule has 1 heterocycles. The van der Waals surface area contributed by atoms with E-state index in [0.717, 1.165) is 24.2 Å². The molecule has 1 saturated heterocycles. The van der Waals surface area contributed by atoms with Crippen molar-refractivity contribution in [2.24, 2.45) is 5.92 Å². The minimum Gasteiger partial charge on any atom is -0.354 e. The number of urea groups is 1. The summed E-state index contributed by atoms with van der Waals surface area (Å²) in [5, 5.41) is 5.45. The quantitative estimate of drug-likeness (QED) is 0.556. The van der Waals surface area contributed by atoms with Gasteiger partial charge in [0.1, 0.15) is 12.6 Å². The minimum absolute atomic E-state index is 0.196. The van der Waals surface area contributed by atoms with Crippen LogP contribution in [0, 0.1) is 5.92 Å². The van der Waals surface area contributed by atoms with E-state index in [2.05, 4.69) is 16.7 Å². The highest BCUT2D eigenvalue weighted by atomic mass is 16.2. The summed E-state index contributed by atoms with van der Waals surface area (Å²) < 4.78 is 0. The second kappa shape index (κ2) is 8.13. The van der Waals surface area contributed by atoms with Gasteiger partial charge in [0.05, 0.1) is 0 Å². The summed E-state index contributed by atoms with van der Waals surface area (Å²) in [6, 6.07) is -0.964. The van der Waals surface area contributed by atoms with Crippen LogP contribution in [0.1, 0.15) is 52.4 Å². The largest absolute Gasteiger partial charge is 0.354 e. The fourth-order valence-corrected chi connectivity index (χ4v) is 3.05. The van der Waals surface area contributed by atoms with E-state index in [-0.39, 0.29) is 18.4 Å². The molecule has 0 aromatic heterocycles. The highest BCUT2D eigenvalue weighted by Crippen LogP contribution is 2.19. The third-order valence-corrected chi connectivity index (χ3v) is 4.27. The van der Waals surface area contributed by atoms with Crippen molar-refractivity contribution in [1.29, 1.82) is 0 Å². The topological polar surface area (TPSA) is 78.5 Å². The van der Waals surface area contributed by atoms with Crippen molar-refractivity contribution in [2.45, 2.75) is 58.4 Å². The average molecular weight is 321 g/mol. The van der Waals surface area contributed by atoms with E-state index < -0.39 is 12.1 Å². The van der Waals surface area contributed by atoms with Crippen molar-refractivity contribution in [1.82, 2.24) is 15.5 Å². The van der Waals surface area contributed by atoms with Crippen LogP contribution in [0.15, 0.2) is 11.6 Å². The van der Waals surface area contributed by atoms with Crippen LogP contribution >= 0.6 is 0 Å². The Morgan fingerprint density at radius 2 is 2.17 bits per heavy atom. The summed E-state index contributed by atoms with van der Waals surface area (Å²) in [6.45, 7) is 4.35. The minimum atomic E-state index is -0.498. The summed E-state index contributed by atoms with van der Waals surface area (Å²) >= 11 is 0. The Bertz CT molecular complexity index is 499. The summed E-state index contributed by atoms with van der Waals surface area (Å²) in [6.07, 6.45) is 8.41. The first-order valence-corrected chi connectivity index (χ1v) is 8.54. The first-order chi connectivity index (χ1) is 11.0. The second-order valence-electron chi connectivity index (χ2n) is 6.76. The van der Waals surface area contributed by atoms with Gasteiger partial charge in [-0.25, -0.2) is 4.79 Å². The maximum atomic E-state index is 12.2. The van der Waals surface area contributed by atoms with Crippen molar-refractivity contribution < 1.29 is 14.4 Å². The normalized spacial score (nSPS) is 21.4. The number of carbonyl (C=O) groups excluding carboxylic acids is 3. The molecule has 1 aliphatic carbocycles. The molecule has 0 aromatic rings. The molecule has 1 aliphatic heterocycles. The lowest BCUT2D eigenvalue weighted by atomic mass is 9.97. The van der Waals surface area contributed by atoms with Gasteiger partial charge in [0.25, 0.3) is 5.91 Å². The SMILES string of the molecule is CC(C)CC1NC(=O)N(CC(=O)NCCC2=CCCCC2)C1=O. The van der Waals surface area contributed by atoms with E-state index >= 15 is 0 Å². The van der Waals surface area contributed by atoms with Crippen LogP contribution in [0.3, 0.4) is 0 Å². The molecule has 6 nitrogen and oxygen atoms in total. The van der Waals surface area contributed by atoms with Crippen LogP contribution < -0.4 is 10.6 Å². The Hall–Kier alpha value is -1.85. The molecule has 0 aromatic carbocycles. The van der Waals surface area contributed by atoms with Crippen LogP contribution in [-0.2, 0) is 9.59 Å². The monoisotopic (exact) mass is 321 g/mol. The van der Waals surface area contributed by atoms with Gasteiger partial charge in [0.15, 0.2) is 0 Å². The fourth-order valence-electron chi connectivity index (χ4n) is 3.05. The Morgan fingerprint density at radius 3 is 2.83 bits per heavy atom. The average Bonchev–Trinajstić information content (AvgIpc) is 2.75. The highest BCUT2D eigenvalue weighted by Gasteiger charge is 2.38. The standard InChI is InChI=1S/C17H27N3O3/c1-12(2)10-14-16(22)20(17(23)19-14)11-15(21)18-9-8-13-6-4-3-5-7-13/h6,12,14H,3-5,7-11H2,1-2H3,(H,18,21)(H,19,23). The molecule has 2 aliphatic rings. The lowest BCUT2D eigenvalue weighted by Crippen LogP contribution is -2.41. The van der Waals surface area contributed by atoms with E-state index in [0.29, 0.717) is 18.9 Å². The summed E-state index contributed by atoms with van der Waals surface area (Å²) in [7, 11) is 0. The molecular formula is C17H27N3O3. The maximum Gasteiger partial charge on any atom is 0.325 e. The first kappa shape index (κ1) is 17.5. The number of carbonyl (C=O) groups is 3. The zero-order valence-corrected chi connectivity index (χ0v) is 14.1. The third kappa shape index (κ3) is 5.08. The molecule has 23 heavy (non-hydrogen) atoms. The lowest BCUT2D eigenvalue weighted by Gasteiger charge is -2.15. The van der Waals surface area contributed by atoms with Gasteiger partial charge in [-0.15, -0.1) is 0 Å². The Morgan fingerprint density at radius 1 is 1.39 bits per heavy atom. The van der Waals surface area contributed by atoms with Crippen molar-refractivity contribution in [3.05, 3.63) is 11.6 Å². The first-order valence-electron chi connectivity index (χ1n) is 8.54. The molecular weight excluding hydrogens is 294 g/mol. The van der Waals surface area contributed by atoms with E-state index in [1.807, 2.05) is 13.8 Å². The summed E-state index contributed by atoms with van der Waals surface area (Å²) in [4.78, 5) is 37.0. The number of nitrogens with zero attached hydrogens (tertiary/aromatic N) is 1. The molecule has 6 heteroatoms. The number of hydrogen-bond donors (Lipinski definition) is 2. The smallest absolute Gasteiger partial charge is 0.325 e. The number of nitrogens with one attached hydrogen (secondary N) is 2. The summed E-state index contributed by atoms with van der Waals surface area (Å²) in [5.41, 5.74) is 1.39. The van der Waals surface area contributed by atoms with E-state index in [9.17, 15) is 14.4 Å². The van der Waals surface area contributed by atoms with Gasteiger partial charge in [-0.2, -0.15) is 0 Å². The molecule has 0 saturated carbocycles. The molecule has 0 spiro atoms. The molecule has 1 atom stereocenters. The molecule has 1 unspecified atom stereocenters. The number of allylic oxidation sites excluding steroid dienone is 1. The van der Waals surface area contributed by atoms with Gasteiger partial charge in [-0.05, 0) is 44.4 Å². The molecule has 0 radical (unpaired) electrons. The van der Waals surface area contributed by atoms with Crippen LogP contribution in [-0.4, -0.2) is 41.9 Å². The number of imide groups is 1. The third-order valence-electron chi connectivity index (χ3n) is 4.27. The van der Waals surface area contributed by atoms with Gasteiger partial charge >= 0.3 is 6.03 Å². The molecule has 4 amide bonds. The maximum absolute atomic E-state index is 12.2. The number of hydrogen-bond acceptors (Lipinski definition) is 3. The molecule has 128 valence electrons. The Balaban J connectivity index is 1.75. The van der Waals surface area contributed by atoms with Gasteiger partial charge in [0, 0.05) is 6.54 Å². The van der Waals surface area contributed by atoms with Crippen LogP contribution in [0.4, 0.5) is 4.79 Å². The fraction of sp³-hybridized carbons (Fsp3) is 0.706. The molecule has 2 N–H and O–H groups in total. The van der Waals surface area contributed by atoms with E-state index in [4.69, 9.17) is 0 Å². The van der Waals surface area contributed by atoms with Crippen LogP contribution in [0.25, 0.3) is 0 Å². The Labute approximate surface area is 137 Å². The van der Waals surface area contributed by atoms with Crippen molar-refractivity contribution in [2.75, 3.05) is 13.1 Å². The zero-order valence-electron chi connectivity index (χ0n) is 14.1. The molecule has 2 rings (SSSR count). The van der Waals surface area contributed by atoms with E-state index in [1.165, 1.54) is 18.4 Å². The second-order valence-corrected chi connectivity index (χ2v) is 6.76. The predicted octanol–water partition coefficient (Wildman–Crippen LogP) is 1.96. The molecule has 1 fully saturated rings. The van der Waals surface area contributed by atoms with Gasteiger partial charge in [-0.3, -0.25) is 14.5 Å². The van der Waals surface area contributed by atoms with Crippen molar-refractivity contribution in [3.8, 4) is 0 Å². The molecule has 0 bridgehead atoms. The lowest BCUT2D eigenvalue weighted by molar-refractivity contribution is -0.132. The number of rotatable bonds is 7. The zero-order chi connectivity index (χ0) is 16.8. The van der Waals surface area contributed by atoms with Crippen molar-refractivity contribution >= 4 is 17.8 Å². The summed E-state index contributed by atoms with van der Waals surface area (Å²) in [5.74, 6) is -0.272. The predicted molar refractivity (Wildman–Crippen MR) is 87.7 cm³/mol. The number of amides is 4. The van der Waals surface area contributed by atoms with E-state index in [1.54, 1.807) is 0 Å². The van der Waals surface area contributed by atoms with Gasteiger partial charge < -0.3 is 10.6 Å². The van der Waals surface area contributed by atoms with Crippen LogP contribution in [0.5, 0.6) is 0 Å². The van der Waals surface area contributed by atoms with Crippen molar-refractivity contribution in [3.63, 3.8) is 0 Å². The van der Waals surface area contributed by atoms with Gasteiger partial charge in [0.2, 0.25) is 5.91 Å². The Kier molecular flexibility index (Phi) is 6.19.